The molecular formula is C9H16N2. The third-order valence-corrected chi connectivity index (χ3v) is 2.78. The minimum absolute atomic E-state index is 0.607. The van der Waals surface area contributed by atoms with Gasteiger partial charge in [-0.25, -0.2) is 0 Å². The molecule has 0 amide bonds. The molecule has 2 nitrogen and oxygen atoms in total. The van der Waals surface area contributed by atoms with Crippen molar-refractivity contribution in [2.45, 2.75) is 50.6 Å². The Bertz CT molecular complexity index is 154. The summed E-state index contributed by atoms with van der Waals surface area (Å²) in [5.41, 5.74) is 0. The van der Waals surface area contributed by atoms with Crippen molar-refractivity contribution in [3.63, 3.8) is 0 Å². The van der Waals surface area contributed by atoms with Gasteiger partial charge in [0.25, 0.3) is 0 Å². The second-order valence-electron chi connectivity index (χ2n) is 3.61. The van der Waals surface area contributed by atoms with Gasteiger partial charge in [-0.05, 0) is 12.8 Å². The van der Waals surface area contributed by atoms with Crippen LogP contribution in [-0.4, -0.2) is 18.4 Å². The van der Waals surface area contributed by atoms with Gasteiger partial charge >= 0.3 is 0 Å². The van der Waals surface area contributed by atoms with E-state index in [4.69, 9.17) is 0 Å². The van der Waals surface area contributed by atoms with E-state index in [1.807, 2.05) is 6.34 Å². The second-order valence-corrected chi connectivity index (χ2v) is 3.61. The molecule has 1 N–H and O–H groups in total. The molecule has 2 rings (SSSR count). The molecule has 0 saturated heterocycles. The lowest BCUT2D eigenvalue weighted by Crippen LogP contribution is -2.32. The maximum absolute atomic E-state index is 4.42. The molecule has 0 aromatic carbocycles. The van der Waals surface area contributed by atoms with Gasteiger partial charge in [-0.2, -0.15) is 0 Å². The first-order valence-corrected chi connectivity index (χ1v) is 4.74. The Morgan fingerprint density at radius 1 is 1.09 bits per heavy atom. The van der Waals surface area contributed by atoms with Crippen molar-refractivity contribution in [3.05, 3.63) is 0 Å². The van der Waals surface area contributed by atoms with Gasteiger partial charge in [0.15, 0.2) is 0 Å². The summed E-state index contributed by atoms with van der Waals surface area (Å²) in [5, 5.41) is 3.33. The van der Waals surface area contributed by atoms with Crippen LogP contribution in [0, 0.1) is 0 Å². The fraction of sp³-hybridized carbons (Fsp3) is 0.889. The van der Waals surface area contributed by atoms with E-state index in [0.717, 1.165) is 0 Å². The van der Waals surface area contributed by atoms with E-state index in [2.05, 4.69) is 10.3 Å². The third kappa shape index (κ3) is 1.55. The van der Waals surface area contributed by atoms with Crippen molar-refractivity contribution in [1.29, 1.82) is 0 Å². The van der Waals surface area contributed by atoms with Crippen LogP contribution in [0.2, 0.25) is 0 Å². The molecule has 2 unspecified atom stereocenters. The lowest BCUT2D eigenvalue weighted by Gasteiger charge is -2.20. The van der Waals surface area contributed by atoms with Crippen LogP contribution in [0.25, 0.3) is 0 Å². The first-order valence-electron chi connectivity index (χ1n) is 4.74. The predicted molar refractivity (Wildman–Crippen MR) is 46.9 cm³/mol. The summed E-state index contributed by atoms with van der Waals surface area (Å²) < 4.78 is 0. The fourth-order valence-electron chi connectivity index (χ4n) is 2.07. The number of nitrogens with zero attached hydrogens (tertiary/aromatic N) is 1. The fourth-order valence-corrected chi connectivity index (χ4v) is 2.07. The van der Waals surface area contributed by atoms with Gasteiger partial charge in [0.2, 0.25) is 0 Å². The zero-order chi connectivity index (χ0) is 7.52. The number of hydrogen-bond donors (Lipinski definition) is 1. The molecule has 62 valence electrons. The zero-order valence-corrected chi connectivity index (χ0v) is 6.92. The summed E-state index contributed by atoms with van der Waals surface area (Å²) in [4.78, 5) is 4.42. The monoisotopic (exact) mass is 152 g/mol. The highest BCUT2D eigenvalue weighted by Gasteiger charge is 2.23. The first kappa shape index (κ1) is 7.14. The van der Waals surface area contributed by atoms with Crippen LogP contribution in [0.3, 0.4) is 0 Å². The van der Waals surface area contributed by atoms with Gasteiger partial charge in [-0.1, -0.05) is 25.7 Å². The lowest BCUT2D eigenvalue weighted by molar-refractivity contribution is 0.403. The highest BCUT2D eigenvalue weighted by Crippen LogP contribution is 2.21. The first-order chi connectivity index (χ1) is 5.47. The maximum atomic E-state index is 4.42. The summed E-state index contributed by atoms with van der Waals surface area (Å²) in [6.07, 6.45) is 10.1. The van der Waals surface area contributed by atoms with Gasteiger partial charge in [-0.15, -0.1) is 0 Å². The van der Waals surface area contributed by atoms with Crippen molar-refractivity contribution in [2.24, 2.45) is 4.99 Å². The second kappa shape index (κ2) is 3.24. The molecule has 0 aromatic heterocycles. The summed E-state index contributed by atoms with van der Waals surface area (Å²) in [5.74, 6) is 0. The summed E-state index contributed by atoms with van der Waals surface area (Å²) >= 11 is 0. The lowest BCUT2D eigenvalue weighted by atomic mass is 9.94. The van der Waals surface area contributed by atoms with Crippen LogP contribution in [0.1, 0.15) is 38.5 Å². The minimum atomic E-state index is 0.607. The van der Waals surface area contributed by atoms with E-state index < -0.39 is 0 Å². The molecule has 1 aliphatic carbocycles. The Labute approximate surface area is 68.1 Å². The molecule has 0 spiro atoms. The Hall–Kier alpha value is -0.530. The maximum Gasteiger partial charge on any atom is 0.0831 e. The van der Waals surface area contributed by atoms with Crippen LogP contribution in [-0.2, 0) is 0 Å². The van der Waals surface area contributed by atoms with Gasteiger partial charge in [0.1, 0.15) is 0 Å². The number of rotatable bonds is 0. The summed E-state index contributed by atoms with van der Waals surface area (Å²) in [6, 6.07) is 1.28. The van der Waals surface area contributed by atoms with Crippen molar-refractivity contribution in [1.82, 2.24) is 5.32 Å². The number of fused-ring (bicyclic) bond motifs is 1. The molecule has 1 saturated carbocycles. The number of aliphatic imine (C=N–C) groups is 1. The van der Waals surface area contributed by atoms with Gasteiger partial charge < -0.3 is 5.32 Å². The molecule has 2 heteroatoms. The Morgan fingerprint density at radius 3 is 2.82 bits per heavy atom. The van der Waals surface area contributed by atoms with Crippen molar-refractivity contribution in [2.75, 3.05) is 0 Å². The van der Waals surface area contributed by atoms with Gasteiger partial charge in [0.05, 0.1) is 12.4 Å². The standard InChI is InChI=1S/C9H16N2/c1-2-4-6-9-8(5-3-1)10-7-11-9/h7-9H,1-6H2,(H,10,11). The van der Waals surface area contributed by atoms with Gasteiger partial charge in [-0.3, -0.25) is 4.99 Å². The topological polar surface area (TPSA) is 24.4 Å². The average Bonchev–Trinajstić information content (AvgIpc) is 2.35. The van der Waals surface area contributed by atoms with E-state index in [1.165, 1.54) is 38.5 Å². The molecule has 0 radical (unpaired) electrons. The number of hydrogen-bond acceptors (Lipinski definition) is 2. The predicted octanol–water partition coefficient (Wildman–Crippen LogP) is 1.71. The molecule has 1 aliphatic heterocycles. The highest BCUT2D eigenvalue weighted by molar-refractivity contribution is 5.58. The van der Waals surface area contributed by atoms with Crippen LogP contribution in [0.4, 0.5) is 0 Å². The van der Waals surface area contributed by atoms with Crippen molar-refractivity contribution >= 4 is 6.34 Å². The van der Waals surface area contributed by atoms with Crippen LogP contribution in [0.5, 0.6) is 0 Å². The largest absolute Gasteiger partial charge is 0.372 e. The van der Waals surface area contributed by atoms with Crippen LogP contribution >= 0.6 is 0 Å². The summed E-state index contributed by atoms with van der Waals surface area (Å²) in [7, 11) is 0. The molecule has 2 atom stereocenters. The SMILES string of the molecule is C1=NC2CCCCCCC2N1. The van der Waals surface area contributed by atoms with Crippen molar-refractivity contribution < 1.29 is 0 Å². The van der Waals surface area contributed by atoms with E-state index in [9.17, 15) is 0 Å². The molecule has 0 bridgehead atoms. The normalized spacial score (nSPS) is 37.1. The molecule has 1 fully saturated rings. The number of nitrogens with one attached hydrogen (secondary N) is 1. The molecule has 1 heterocycles. The van der Waals surface area contributed by atoms with Crippen LogP contribution < -0.4 is 5.32 Å². The van der Waals surface area contributed by atoms with E-state index in [1.54, 1.807) is 0 Å². The van der Waals surface area contributed by atoms with E-state index in [-0.39, 0.29) is 0 Å². The van der Waals surface area contributed by atoms with Crippen molar-refractivity contribution in [3.8, 4) is 0 Å². The Balaban J connectivity index is 1.93. The zero-order valence-electron chi connectivity index (χ0n) is 6.92. The molecule has 11 heavy (non-hydrogen) atoms. The smallest absolute Gasteiger partial charge is 0.0831 e. The molecule has 0 aromatic rings. The quantitative estimate of drug-likeness (QED) is 0.561. The van der Waals surface area contributed by atoms with Gasteiger partial charge in [0, 0.05) is 6.04 Å². The van der Waals surface area contributed by atoms with E-state index in [0.29, 0.717) is 12.1 Å². The summed E-state index contributed by atoms with van der Waals surface area (Å²) in [6.45, 7) is 0. The van der Waals surface area contributed by atoms with Crippen LogP contribution in [0.15, 0.2) is 4.99 Å². The minimum Gasteiger partial charge on any atom is -0.372 e. The Morgan fingerprint density at radius 2 is 1.91 bits per heavy atom. The highest BCUT2D eigenvalue weighted by atomic mass is 15.1. The Kier molecular flexibility index (Phi) is 2.11. The third-order valence-electron chi connectivity index (χ3n) is 2.78. The average molecular weight is 152 g/mol. The molecule has 2 aliphatic rings. The molecular weight excluding hydrogens is 136 g/mol. The van der Waals surface area contributed by atoms with E-state index >= 15 is 0 Å².